The average molecular weight is 427 g/mol. The fraction of sp³-hybridized carbons (Fsp3) is 0.348. The first-order chi connectivity index (χ1) is 14.9. The highest BCUT2D eigenvalue weighted by Crippen LogP contribution is 2.22. The predicted octanol–water partition coefficient (Wildman–Crippen LogP) is 2.57. The Labute approximate surface area is 180 Å². The molecule has 1 aliphatic heterocycles. The molecule has 2 aromatic carbocycles. The molecule has 2 N–H and O–H groups in total. The van der Waals surface area contributed by atoms with E-state index in [2.05, 4.69) is 10.6 Å². The van der Waals surface area contributed by atoms with Gasteiger partial charge in [-0.2, -0.15) is 0 Å². The van der Waals surface area contributed by atoms with Crippen molar-refractivity contribution in [2.24, 2.45) is 0 Å². The van der Waals surface area contributed by atoms with Crippen molar-refractivity contribution in [3.8, 4) is 0 Å². The highest BCUT2D eigenvalue weighted by molar-refractivity contribution is 6.39. The van der Waals surface area contributed by atoms with E-state index in [1.165, 1.54) is 12.1 Å². The van der Waals surface area contributed by atoms with Crippen molar-refractivity contribution in [3.63, 3.8) is 0 Å². The van der Waals surface area contributed by atoms with Crippen LogP contribution >= 0.6 is 0 Å². The minimum absolute atomic E-state index is 0.0157. The third-order valence-electron chi connectivity index (χ3n) is 5.08. The second-order valence-corrected chi connectivity index (χ2v) is 7.39. The number of carbonyl (C=O) groups is 3. The predicted molar refractivity (Wildman–Crippen MR) is 114 cm³/mol. The van der Waals surface area contributed by atoms with Gasteiger partial charge in [0.25, 0.3) is 0 Å². The van der Waals surface area contributed by atoms with E-state index in [0.29, 0.717) is 31.7 Å². The summed E-state index contributed by atoms with van der Waals surface area (Å²) in [6.45, 7) is 3.29. The largest absolute Gasteiger partial charge is 0.370 e. The number of nitrogens with zero attached hydrogens (tertiary/aromatic N) is 1. The van der Waals surface area contributed by atoms with E-state index in [1.54, 1.807) is 11.8 Å². The number of aryl methyl sites for hydroxylation is 1. The highest BCUT2D eigenvalue weighted by Gasteiger charge is 2.25. The van der Waals surface area contributed by atoms with Gasteiger partial charge in [0.15, 0.2) is 0 Å². The summed E-state index contributed by atoms with van der Waals surface area (Å²) in [5, 5.41) is 4.83. The topological polar surface area (TPSA) is 87.7 Å². The second kappa shape index (κ2) is 10.7. The summed E-state index contributed by atoms with van der Waals surface area (Å²) >= 11 is 0. The maximum Gasteiger partial charge on any atom is 0.313 e. The third-order valence-corrected chi connectivity index (χ3v) is 5.08. The zero-order valence-electron chi connectivity index (χ0n) is 17.4. The Kier molecular flexibility index (Phi) is 7.72. The van der Waals surface area contributed by atoms with Crippen molar-refractivity contribution in [1.29, 1.82) is 0 Å². The number of morpholine rings is 1. The summed E-state index contributed by atoms with van der Waals surface area (Å²) in [7, 11) is 0. The van der Waals surface area contributed by atoms with Gasteiger partial charge in [0.05, 0.1) is 13.2 Å². The van der Waals surface area contributed by atoms with Gasteiger partial charge in [0.1, 0.15) is 11.9 Å². The van der Waals surface area contributed by atoms with Gasteiger partial charge in [-0.25, -0.2) is 4.39 Å². The van der Waals surface area contributed by atoms with E-state index in [4.69, 9.17) is 4.74 Å². The second-order valence-electron chi connectivity index (χ2n) is 7.39. The third kappa shape index (κ3) is 6.36. The number of carbonyl (C=O) groups excluding carboxylic acids is 3. The van der Waals surface area contributed by atoms with Crippen LogP contribution in [0.2, 0.25) is 0 Å². The Morgan fingerprint density at radius 3 is 2.65 bits per heavy atom. The van der Waals surface area contributed by atoms with Crippen molar-refractivity contribution in [2.45, 2.75) is 25.9 Å². The molecule has 0 bridgehead atoms. The first-order valence-electron chi connectivity index (χ1n) is 10.2. The number of halogens is 1. The molecule has 1 aliphatic rings. The molecule has 0 radical (unpaired) electrons. The van der Waals surface area contributed by atoms with E-state index >= 15 is 0 Å². The lowest BCUT2D eigenvalue weighted by Crippen LogP contribution is -2.42. The van der Waals surface area contributed by atoms with Crippen LogP contribution in [-0.4, -0.2) is 48.9 Å². The van der Waals surface area contributed by atoms with Crippen LogP contribution in [0.1, 0.15) is 30.1 Å². The van der Waals surface area contributed by atoms with Crippen LogP contribution in [0.4, 0.5) is 10.1 Å². The van der Waals surface area contributed by atoms with Crippen LogP contribution in [0.15, 0.2) is 48.5 Å². The molecule has 7 nitrogen and oxygen atoms in total. The van der Waals surface area contributed by atoms with E-state index < -0.39 is 17.6 Å². The van der Waals surface area contributed by atoms with Gasteiger partial charge in [-0.3, -0.25) is 14.4 Å². The molecular weight excluding hydrogens is 401 g/mol. The number of benzene rings is 2. The molecule has 164 valence electrons. The number of nitrogens with one attached hydrogen (secondary N) is 2. The fourth-order valence-corrected chi connectivity index (χ4v) is 3.28. The number of hydrogen-bond acceptors (Lipinski definition) is 4. The summed E-state index contributed by atoms with van der Waals surface area (Å²) in [5.74, 6) is -2.19. The first-order valence-corrected chi connectivity index (χ1v) is 10.2. The maximum absolute atomic E-state index is 13.5. The Bertz CT molecular complexity index is 936. The minimum Gasteiger partial charge on any atom is -0.370 e. The Balaban J connectivity index is 1.38. The van der Waals surface area contributed by atoms with Crippen molar-refractivity contribution in [1.82, 2.24) is 10.2 Å². The van der Waals surface area contributed by atoms with E-state index in [-0.39, 0.29) is 30.7 Å². The quantitative estimate of drug-likeness (QED) is 0.548. The van der Waals surface area contributed by atoms with E-state index in [1.807, 2.05) is 30.3 Å². The van der Waals surface area contributed by atoms with Crippen molar-refractivity contribution in [3.05, 3.63) is 65.5 Å². The van der Waals surface area contributed by atoms with E-state index in [0.717, 1.165) is 11.6 Å². The molecule has 8 heteroatoms. The summed E-state index contributed by atoms with van der Waals surface area (Å²) in [6, 6.07) is 14.0. The van der Waals surface area contributed by atoms with Gasteiger partial charge in [0, 0.05) is 25.2 Å². The summed E-state index contributed by atoms with van der Waals surface area (Å²) in [5.41, 5.74) is 1.69. The first kappa shape index (κ1) is 22.4. The normalized spacial score (nSPS) is 15.9. The summed E-state index contributed by atoms with van der Waals surface area (Å²) in [4.78, 5) is 38.1. The molecule has 1 fully saturated rings. The van der Waals surface area contributed by atoms with Crippen LogP contribution in [0.25, 0.3) is 0 Å². The Morgan fingerprint density at radius 1 is 1.13 bits per heavy atom. The average Bonchev–Trinajstić information content (AvgIpc) is 2.79. The number of amides is 3. The number of anilines is 1. The Morgan fingerprint density at radius 2 is 1.90 bits per heavy atom. The van der Waals surface area contributed by atoms with Gasteiger partial charge < -0.3 is 20.3 Å². The molecule has 1 heterocycles. The van der Waals surface area contributed by atoms with Crippen molar-refractivity contribution < 1.29 is 23.5 Å². The molecule has 31 heavy (non-hydrogen) atoms. The SMILES string of the molecule is Cc1ccc(NC(=O)C(=O)NCCCC(=O)N2CCOC(c3ccccc3)C2)cc1F. The Hall–Kier alpha value is -3.26. The lowest BCUT2D eigenvalue weighted by atomic mass is 10.1. The molecule has 0 aliphatic carbocycles. The van der Waals surface area contributed by atoms with Gasteiger partial charge in [0.2, 0.25) is 5.91 Å². The van der Waals surface area contributed by atoms with Crippen molar-refractivity contribution in [2.75, 3.05) is 31.6 Å². The van der Waals surface area contributed by atoms with Gasteiger partial charge >= 0.3 is 11.8 Å². The molecule has 0 aromatic heterocycles. The highest BCUT2D eigenvalue weighted by atomic mass is 19.1. The van der Waals surface area contributed by atoms with Gasteiger partial charge in [-0.15, -0.1) is 0 Å². The monoisotopic (exact) mass is 427 g/mol. The molecule has 3 rings (SSSR count). The molecule has 1 saturated heterocycles. The molecule has 1 atom stereocenters. The van der Waals surface area contributed by atoms with Crippen LogP contribution in [0.3, 0.4) is 0 Å². The molecule has 1 unspecified atom stereocenters. The van der Waals surface area contributed by atoms with Crippen LogP contribution in [-0.2, 0) is 19.1 Å². The zero-order chi connectivity index (χ0) is 22.2. The molecule has 0 saturated carbocycles. The van der Waals surface area contributed by atoms with Crippen LogP contribution in [0.5, 0.6) is 0 Å². The summed E-state index contributed by atoms with van der Waals surface area (Å²) < 4.78 is 19.3. The molecule has 2 aromatic rings. The van der Waals surface area contributed by atoms with Crippen molar-refractivity contribution >= 4 is 23.4 Å². The van der Waals surface area contributed by atoms with Gasteiger partial charge in [-0.1, -0.05) is 36.4 Å². The molecule has 0 spiro atoms. The number of ether oxygens (including phenoxy) is 1. The minimum atomic E-state index is -0.881. The number of rotatable bonds is 6. The van der Waals surface area contributed by atoms with Crippen LogP contribution in [0, 0.1) is 12.7 Å². The zero-order valence-corrected chi connectivity index (χ0v) is 17.4. The smallest absolute Gasteiger partial charge is 0.313 e. The van der Waals surface area contributed by atoms with Crippen LogP contribution < -0.4 is 10.6 Å². The lowest BCUT2D eigenvalue weighted by molar-refractivity contribution is -0.139. The standard InChI is InChI=1S/C23H26FN3O4/c1-16-9-10-18(14-19(16)24)26-23(30)22(29)25-11-5-8-21(28)27-12-13-31-20(15-27)17-6-3-2-4-7-17/h2-4,6-7,9-10,14,20H,5,8,11-13,15H2,1H3,(H,25,29)(H,26,30). The maximum atomic E-state index is 13.5. The lowest BCUT2D eigenvalue weighted by Gasteiger charge is -2.33. The van der Waals surface area contributed by atoms with E-state index in [9.17, 15) is 18.8 Å². The molecular formula is C23H26FN3O4. The fourth-order valence-electron chi connectivity index (χ4n) is 3.28. The van der Waals surface area contributed by atoms with Gasteiger partial charge in [-0.05, 0) is 36.6 Å². The molecule has 3 amide bonds. The number of hydrogen-bond donors (Lipinski definition) is 2. The summed E-state index contributed by atoms with van der Waals surface area (Å²) in [6.07, 6.45) is 0.519.